The smallest absolute Gasteiger partial charge is 0.0653 e. The summed E-state index contributed by atoms with van der Waals surface area (Å²) in [5, 5.41) is 7.94. The summed E-state index contributed by atoms with van der Waals surface area (Å²) >= 11 is 0. The summed E-state index contributed by atoms with van der Waals surface area (Å²) in [7, 11) is 1.97. The van der Waals surface area contributed by atoms with Crippen molar-refractivity contribution in [3.63, 3.8) is 0 Å². The third kappa shape index (κ3) is 2.58. The van der Waals surface area contributed by atoms with Crippen LogP contribution in [0.2, 0.25) is 0 Å². The molecule has 78 valence electrons. The van der Waals surface area contributed by atoms with E-state index < -0.39 is 0 Å². The van der Waals surface area contributed by atoms with Crippen molar-refractivity contribution in [3.8, 4) is 0 Å². The lowest BCUT2D eigenvalue weighted by atomic mass is 10.0. The van der Waals surface area contributed by atoms with Crippen molar-refractivity contribution in [2.75, 3.05) is 6.54 Å². The molecule has 3 heteroatoms. The Balaban J connectivity index is 1.73. The van der Waals surface area contributed by atoms with Gasteiger partial charge in [0.15, 0.2) is 0 Å². The highest BCUT2D eigenvalue weighted by Gasteiger charge is 2.20. The van der Waals surface area contributed by atoms with E-state index in [2.05, 4.69) is 23.4 Å². The molecule has 1 N–H and O–H groups in total. The Hall–Kier alpha value is -0.830. The van der Waals surface area contributed by atoms with Crippen molar-refractivity contribution in [2.24, 2.45) is 7.05 Å². The van der Waals surface area contributed by atoms with Crippen LogP contribution in [0.4, 0.5) is 0 Å². The van der Waals surface area contributed by atoms with Gasteiger partial charge in [0.1, 0.15) is 0 Å². The number of hydrogen-bond donors (Lipinski definition) is 1. The molecule has 3 nitrogen and oxygen atoms in total. The summed E-state index contributed by atoms with van der Waals surface area (Å²) in [6.45, 7) is 3.37. The fraction of sp³-hybridized carbons (Fsp3) is 0.727. The molecule has 0 saturated heterocycles. The predicted octanol–water partition coefficient (Wildman–Crippen LogP) is 1.67. The summed E-state index contributed by atoms with van der Waals surface area (Å²) in [6.07, 6.45) is 5.95. The third-order valence-corrected chi connectivity index (χ3v) is 2.83. The lowest BCUT2D eigenvalue weighted by Gasteiger charge is -2.08. The van der Waals surface area contributed by atoms with Crippen LogP contribution in [0.3, 0.4) is 0 Å². The first-order valence-electron chi connectivity index (χ1n) is 5.48. The average molecular weight is 193 g/mol. The molecule has 0 amide bonds. The predicted molar refractivity (Wildman–Crippen MR) is 57.3 cm³/mol. The summed E-state index contributed by atoms with van der Waals surface area (Å²) in [4.78, 5) is 0. The van der Waals surface area contributed by atoms with Gasteiger partial charge in [-0.2, -0.15) is 5.10 Å². The quantitative estimate of drug-likeness (QED) is 0.771. The maximum Gasteiger partial charge on any atom is 0.0653 e. The van der Waals surface area contributed by atoms with E-state index in [0.717, 1.165) is 12.6 Å². The van der Waals surface area contributed by atoms with E-state index in [1.54, 1.807) is 0 Å². The van der Waals surface area contributed by atoms with Gasteiger partial charge in [-0.25, -0.2) is 0 Å². The zero-order valence-electron chi connectivity index (χ0n) is 9.03. The fourth-order valence-corrected chi connectivity index (χ4v) is 1.64. The molecule has 0 radical (unpaired) electrons. The van der Waals surface area contributed by atoms with Gasteiger partial charge in [-0.3, -0.25) is 4.68 Å². The van der Waals surface area contributed by atoms with Gasteiger partial charge in [0.25, 0.3) is 0 Å². The minimum Gasteiger partial charge on any atom is -0.314 e. The maximum atomic E-state index is 4.41. The molecular weight excluding hydrogens is 174 g/mol. The van der Waals surface area contributed by atoms with Crippen LogP contribution < -0.4 is 5.32 Å². The van der Waals surface area contributed by atoms with E-state index in [4.69, 9.17) is 0 Å². The van der Waals surface area contributed by atoms with E-state index in [-0.39, 0.29) is 0 Å². The molecule has 1 aromatic heterocycles. The SMILES string of the molecule is CC(CCNC1CC1)c1ccn(C)n1. The molecule has 14 heavy (non-hydrogen) atoms. The van der Waals surface area contributed by atoms with Crippen LogP contribution in [0, 0.1) is 0 Å². The van der Waals surface area contributed by atoms with Crippen molar-refractivity contribution in [1.82, 2.24) is 15.1 Å². The van der Waals surface area contributed by atoms with Gasteiger partial charge in [0, 0.05) is 25.2 Å². The fourth-order valence-electron chi connectivity index (χ4n) is 1.64. The normalized spacial score (nSPS) is 18.4. The van der Waals surface area contributed by atoms with Gasteiger partial charge < -0.3 is 5.32 Å². The highest BCUT2D eigenvalue weighted by atomic mass is 15.2. The molecule has 1 fully saturated rings. The van der Waals surface area contributed by atoms with Crippen molar-refractivity contribution in [1.29, 1.82) is 0 Å². The Bertz CT molecular complexity index is 288. The van der Waals surface area contributed by atoms with Crippen LogP contribution in [-0.2, 0) is 7.05 Å². The number of rotatable bonds is 5. The molecular formula is C11H19N3. The zero-order valence-corrected chi connectivity index (χ0v) is 9.03. The van der Waals surface area contributed by atoms with Crippen molar-refractivity contribution >= 4 is 0 Å². The molecule has 0 aromatic carbocycles. The Morgan fingerprint density at radius 3 is 3.00 bits per heavy atom. The van der Waals surface area contributed by atoms with Gasteiger partial charge in [-0.05, 0) is 31.9 Å². The van der Waals surface area contributed by atoms with Gasteiger partial charge in [0.2, 0.25) is 0 Å². The van der Waals surface area contributed by atoms with E-state index in [1.807, 2.05) is 17.9 Å². The van der Waals surface area contributed by atoms with Crippen molar-refractivity contribution in [2.45, 2.75) is 38.1 Å². The molecule has 2 rings (SSSR count). The monoisotopic (exact) mass is 193 g/mol. The van der Waals surface area contributed by atoms with Gasteiger partial charge in [-0.1, -0.05) is 6.92 Å². The zero-order chi connectivity index (χ0) is 9.97. The number of aryl methyl sites for hydroxylation is 1. The molecule has 1 heterocycles. The van der Waals surface area contributed by atoms with E-state index in [9.17, 15) is 0 Å². The molecule has 1 aliphatic carbocycles. The Labute approximate surface area is 85.5 Å². The molecule has 0 bridgehead atoms. The second-order valence-electron chi connectivity index (χ2n) is 4.33. The van der Waals surface area contributed by atoms with Crippen LogP contribution in [0.15, 0.2) is 12.3 Å². The van der Waals surface area contributed by atoms with Gasteiger partial charge >= 0.3 is 0 Å². The molecule has 1 unspecified atom stereocenters. The standard InChI is InChI=1S/C11H19N3/c1-9(5-7-12-10-3-4-10)11-6-8-14(2)13-11/h6,8-10,12H,3-5,7H2,1-2H3. The number of nitrogens with zero attached hydrogens (tertiary/aromatic N) is 2. The summed E-state index contributed by atoms with van der Waals surface area (Å²) in [6, 6.07) is 2.94. The molecule has 0 spiro atoms. The molecule has 1 aromatic rings. The van der Waals surface area contributed by atoms with Crippen LogP contribution in [-0.4, -0.2) is 22.4 Å². The summed E-state index contributed by atoms with van der Waals surface area (Å²) < 4.78 is 1.88. The Kier molecular flexibility index (Phi) is 2.87. The average Bonchev–Trinajstić information content (AvgIpc) is 2.87. The summed E-state index contributed by atoms with van der Waals surface area (Å²) in [5.74, 6) is 0.572. The molecule has 1 saturated carbocycles. The first kappa shape index (κ1) is 9.71. The molecule has 1 atom stereocenters. The van der Waals surface area contributed by atoms with E-state index in [1.165, 1.54) is 25.0 Å². The minimum atomic E-state index is 0.572. The Morgan fingerprint density at radius 2 is 2.43 bits per heavy atom. The second kappa shape index (κ2) is 4.13. The first-order chi connectivity index (χ1) is 6.75. The van der Waals surface area contributed by atoms with E-state index in [0.29, 0.717) is 5.92 Å². The largest absolute Gasteiger partial charge is 0.314 e. The maximum absolute atomic E-state index is 4.41. The van der Waals surface area contributed by atoms with Crippen LogP contribution >= 0.6 is 0 Å². The Morgan fingerprint density at radius 1 is 1.64 bits per heavy atom. The number of nitrogens with one attached hydrogen (secondary N) is 1. The van der Waals surface area contributed by atoms with E-state index >= 15 is 0 Å². The minimum absolute atomic E-state index is 0.572. The topological polar surface area (TPSA) is 29.9 Å². The van der Waals surface area contributed by atoms with Crippen molar-refractivity contribution in [3.05, 3.63) is 18.0 Å². The second-order valence-corrected chi connectivity index (χ2v) is 4.33. The lowest BCUT2D eigenvalue weighted by Crippen LogP contribution is -2.19. The molecule has 1 aliphatic rings. The highest BCUT2D eigenvalue weighted by molar-refractivity contribution is 5.04. The molecule has 0 aliphatic heterocycles. The van der Waals surface area contributed by atoms with Crippen LogP contribution in [0.25, 0.3) is 0 Å². The van der Waals surface area contributed by atoms with Crippen LogP contribution in [0.1, 0.15) is 37.8 Å². The lowest BCUT2D eigenvalue weighted by molar-refractivity contribution is 0.575. The number of aromatic nitrogens is 2. The first-order valence-corrected chi connectivity index (χ1v) is 5.48. The van der Waals surface area contributed by atoms with Gasteiger partial charge in [0.05, 0.1) is 5.69 Å². The number of hydrogen-bond acceptors (Lipinski definition) is 2. The summed E-state index contributed by atoms with van der Waals surface area (Å²) in [5.41, 5.74) is 1.21. The van der Waals surface area contributed by atoms with Crippen molar-refractivity contribution < 1.29 is 0 Å². The third-order valence-electron chi connectivity index (χ3n) is 2.83. The van der Waals surface area contributed by atoms with Gasteiger partial charge in [-0.15, -0.1) is 0 Å². The van der Waals surface area contributed by atoms with Crippen LogP contribution in [0.5, 0.6) is 0 Å². The highest BCUT2D eigenvalue weighted by Crippen LogP contribution is 2.20.